The molecule has 3 nitrogen and oxygen atoms in total. The van der Waals surface area contributed by atoms with Crippen LogP contribution < -0.4 is 15.4 Å². The second-order valence-corrected chi connectivity index (χ2v) is 5.66. The number of halogens is 2. The van der Waals surface area contributed by atoms with Gasteiger partial charge in [-0.3, -0.25) is 0 Å². The van der Waals surface area contributed by atoms with Crippen LogP contribution in [0.2, 0.25) is 0 Å². The van der Waals surface area contributed by atoms with E-state index in [0.29, 0.717) is 5.11 Å². The molecule has 2 rings (SSSR count). The van der Waals surface area contributed by atoms with Crippen molar-refractivity contribution in [1.82, 2.24) is 0 Å². The Morgan fingerprint density at radius 2 is 1.52 bits per heavy atom. The van der Waals surface area contributed by atoms with E-state index in [1.165, 1.54) is 17.7 Å². The predicted molar refractivity (Wildman–Crippen MR) is 93.6 cm³/mol. The Labute approximate surface area is 139 Å². The maximum atomic E-state index is 12.2. The molecular weight excluding hydrogens is 318 g/mol. The molecule has 0 heterocycles. The van der Waals surface area contributed by atoms with Crippen molar-refractivity contribution in [2.45, 2.75) is 27.4 Å². The molecule has 0 saturated carbocycles. The first-order valence-electron chi connectivity index (χ1n) is 7.06. The number of hydrogen-bond donors (Lipinski definition) is 2. The van der Waals surface area contributed by atoms with E-state index in [4.69, 9.17) is 12.2 Å². The van der Waals surface area contributed by atoms with Crippen molar-refractivity contribution in [3.8, 4) is 5.75 Å². The topological polar surface area (TPSA) is 33.3 Å². The number of anilines is 2. The van der Waals surface area contributed by atoms with Crippen LogP contribution in [0.3, 0.4) is 0 Å². The Balaban J connectivity index is 2.05. The highest BCUT2D eigenvalue weighted by atomic mass is 32.1. The van der Waals surface area contributed by atoms with Gasteiger partial charge < -0.3 is 15.4 Å². The Bertz CT molecular complexity index is 720. The Morgan fingerprint density at radius 3 is 2.04 bits per heavy atom. The van der Waals surface area contributed by atoms with E-state index < -0.39 is 6.61 Å². The summed E-state index contributed by atoms with van der Waals surface area (Å²) in [4.78, 5) is 0. The lowest BCUT2D eigenvalue weighted by Gasteiger charge is -2.15. The number of alkyl halides is 2. The van der Waals surface area contributed by atoms with Crippen molar-refractivity contribution in [2.24, 2.45) is 0 Å². The van der Waals surface area contributed by atoms with E-state index >= 15 is 0 Å². The number of benzene rings is 2. The molecule has 0 fully saturated rings. The van der Waals surface area contributed by atoms with Gasteiger partial charge in [0.2, 0.25) is 0 Å². The summed E-state index contributed by atoms with van der Waals surface area (Å²) in [5.41, 5.74) is 4.68. The highest BCUT2D eigenvalue weighted by Gasteiger charge is 2.08. The summed E-state index contributed by atoms with van der Waals surface area (Å²) in [6.45, 7) is 2.99. The molecule has 6 heteroatoms. The molecule has 23 heavy (non-hydrogen) atoms. The molecule has 0 amide bonds. The second-order valence-electron chi connectivity index (χ2n) is 5.25. The number of nitrogens with one attached hydrogen (secondary N) is 2. The van der Waals surface area contributed by atoms with Crippen LogP contribution in [0.25, 0.3) is 0 Å². The van der Waals surface area contributed by atoms with Crippen molar-refractivity contribution in [3.63, 3.8) is 0 Å². The van der Waals surface area contributed by atoms with E-state index in [1.807, 2.05) is 26.0 Å². The Morgan fingerprint density at radius 1 is 0.957 bits per heavy atom. The maximum Gasteiger partial charge on any atom is 0.387 e. The highest BCUT2D eigenvalue weighted by molar-refractivity contribution is 7.80. The molecule has 0 aliphatic carbocycles. The largest absolute Gasteiger partial charge is 0.435 e. The third-order valence-electron chi connectivity index (χ3n) is 3.30. The molecule has 2 aromatic rings. The minimum atomic E-state index is -2.83. The molecule has 0 aromatic heterocycles. The average molecular weight is 336 g/mol. The normalized spacial score (nSPS) is 10.5. The van der Waals surface area contributed by atoms with Gasteiger partial charge in [-0.25, -0.2) is 0 Å². The van der Waals surface area contributed by atoms with Crippen LogP contribution in [-0.4, -0.2) is 11.7 Å². The van der Waals surface area contributed by atoms with Crippen molar-refractivity contribution < 1.29 is 13.5 Å². The van der Waals surface area contributed by atoms with Crippen LogP contribution >= 0.6 is 12.2 Å². The van der Waals surface area contributed by atoms with Gasteiger partial charge in [-0.2, -0.15) is 8.78 Å². The van der Waals surface area contributed by atoms with Crippen LogP contribution in [-0.2, 0) is 0 Å². The Kier molecular flexibility index (Phi) is 5.50. The smallest absolute Gasteiger partial charge is 0.387 e. The van der Waals surface area contributed by atoms with Gasteiger partial charge in [-0.05, 0) is 68.4 Å². The van der Waals surface area contributed by atoms with Gasteiger partial charge in [0.1, 0.15) is 5.75 Å². The summed E-state index contributed by atoms with van der Waals surface area (Å²) in [7, 11) is 0. The molecule has 0 bridgehead atoms. The van der Waals surface area contributed by atoms with Gasteiger partial charge in [0.05, 0.1) is 0 Å². The number of hydrogen-bond acceptors (Lipinski definition) is 2. The summed E-state index contributed by atoms with van der Waals surface area (Å²) in [6.07, 6.45) is 0. The highest BCUT2D eigenvalue weighted by Crippen LogP contribution is 2.23. The average Bonchev–Trinajstić information content (AvgIpc) is 2.44. The lowest BCUT2D eigenvalue weighted by atomic mass is 10.1. The van der Waals surface area contributed by atoms with Gasteiger partial charge in [0.25, 0.3) is 0 Å². The summed E-state index contributed by atoms with van der Waals surface area (Å²) in [5.74, 6) is 0.122. The minimum absolute atomic E-state index is 0.122. The van der Waals surface area contributed by atoms with Crippen molar-refractivity contribution >= 4 is 28.7 Å². The standard InChI is InChI=1S/C17H18F2N2OS/c1-10-4-6-14(11(2)8-10)20-17(23)21-15-7-5-13(9-12(15)3)22-16(18)19/h4-9,16H,1-3H3,(H2,20,21,23). The van der Waals surface area contributed by atoms with E-state index in [0.717, 1.165) is 22.5 Å². The summed E-state index contributed by atoms with van der Waals surface area (Å²) in [5, 5.41) is 6.62. The molecular formula is C17H18F2N2OS. The summed E-state index contributed by atoms with van der Waals surface area (Å²) in [6, 6.07) is 10.7. The predicted octanol–water partition coefficient (Wildman–Crippen LogP) is 5.02. The van der Waals surface area contributed by atoms with E-state index in [-0.39, 0.29) is 5.75 Å². The summed E-state index contributed by atoms with van der Waals surface area (Å²) < 4.78 is 28.8. The van der Waals surface area contributed by atoms with Gasteiger partial charge in [-0.15, -0.1) is 0 Å². The van der Waals surface area contributed by atoms with Crippen molar-refractivity contribution in [2.75, 3.05) is 10.6 Å². The van der Waals surface area contributed by atoms with E-state index in [2.05, 4.69) is 21.4 Å². The van der Waals surface area contributed by atoms with Crippen LogP contribution in [0.4, 0.5) is 20.2 Å². The zero-order valence-electron chi connectivity index (χ0n) is 13.1. The molecule has 0 saturated heterocycles. The molecule has 0 unspecified atom stereocenters. The first-order valence-corrected chi connectivity index (χ1v) is 7.46. The van der Waals surface area contributed by atoms with Gasteiger partial charge in [0, 0.05) is 11.4 Å². The fourth-order valence-corrected chi connectivity index (χ4v) is 2.40. The lowest BCUT2D eigenvalue weighted by molar-refractivity contribution is -0.0498. The van der Waals surface area contributed by atoms with Crippen LogP contribution in [0, 0.1) is 20.8 Å². The molecule has 2 N–H and O–H groups in total. The SMILES string of the molecule is Cc1ccc(NC(=S)Nc2ccc(OC(F)F)cc2C)c(C)c1. The molecule has 0 atom stereocenters. The fraction of sp³-hybridized carbons (Fsp3) is 0.235. The number of rotatable bonds is 4. The fourth-order valence-electron chi connectivity index (χ4n) is 2.18. The molecule has 0 aliphatic rings. The lowest BCUT2D eigenvalue weighted by Crippen LogP contribution is -2.20. The molecule has 122 valence electrons. The molecule has 2 aromatic carbocycles. The number of ether oxygens (including phenoxy) is 1. The zero-order valence-corrected chi connectivity index (χ0v) is 13.9. The minimum Gasteiger partial charge on any atom is -0.435 e. The number of aryl methyl sites for hydroxylation is 3. The first-order chi connectivity index (χ1) is 10.8. The van der Waals surface area contributed by atoms with E-state index in [1.54, 1.807) is 13.0 Å². The molecule has 0 aliphatic heterocycles. The van der Waals surface area contributed by atoms with E-state index in [9.17, 15) is 8.78 Å². The van der Waals surface area contributed by atoms with Gasteiger partial charge in [0.15, 0.2) is 5.11 Å². The van der Waals surface area contributed by atoms with Crippen LogP contribution in [0.1, 0.15) is 16.7 Å². The number of thiocarbonyl (C=S) groups is 1. The van der Waals surface area contributed by atoms with Crippen LogP contribution in [0.5, 0.6) is 5.75 Å². The van der Waals surface area contributed by atoms with Gasteiger partial charge >= 0.3 is 6.61 Å². The third kappa shape index (κ3) is 4.89. The van der Waals surface area contributed by atoms with Gasteiger partial charge in [-0.1, -0.05) is 17.7 Å². The first kappa shape index (κ1) is 17.1. The monoisotopic (exact) mass is 336 g/mol. The quantitative estimate of drug-likeness (QED) is 0.768. The second kappa shape index (κ2) is 7.37. The summed E-state index contributed by atoms with van der Waals surface area (Å²) >= 11 is 5.30. The Hall–Kier alpha value is -2.21. The van der Waals surface area contributed by atoms with Crippen molar-refractivity contribution in [3.05, 3.63) is 53.1 Å². The molecule has 0 spiro atoms. The van der Waals surface area contributed by atoms with Crippen LogP contribution in [0.15, 0.2) is 36.4 Å². The zero-order chi connectivity index (χ0) is 17.0. The van der Waals surface area contributed by atoms with Crippen molar-refractivity contribution in [1.29, 1.82) is 0 Å². The third-order valence-corrected chi connectivity index (χ3v) is 3.51. The maximum absolute atomic E-state index is 12.2. The molecule has 0 radical (unpaired) electrons.